The van der Waals surface area contributed by atoms with Crippen LogP contribution in [0.4, 0.5) is 39.4 Å². The van der Waals surface area contributed by atoms with Crippen LogP contribution in [-0.4, -0.2) is 219 Å². The third kappa shape index (κ3) is 32.4. The minimum absolute atomic E-state index is 0.0138. The molecule has 36 nitrogen and oxygen atoms in total. The van der Waals surface area contributed by atoms with Gasteiger partial charge in [0.15, 0.2) is 17.7 Å². The summed E-state index contributed by atoms with van der Waals surface area (Å²) >= 11 is 0. The minimum Gasteiger partial charge on any atom is -0.444 e. The van der Waals surface area contributed by atoms with Gasteiger partial charge in [0.05, 0.1) is 59.5 Å². The van der Waals surface area contributed by atoms with Crippen LogP contribution in [0.2, 0.25) is 0 Å². The summed E-state index contributed by atoms with van der Waals surface area (Å²) in [5.74, 6) is 2.27. The molecule has 3 aromatic heterocycles. The number of sulfonamides is 2. The van der Waals surface area contributed by atoms with E-state index >= 15 is 0 Å². The molecule has 5 atom stereocenters. The van der Waals surface area contributed by atoms with Crippen LogP contribution in [0.3, 0.4) is 0 Å². The van der Waals surface area contributed by atoms with Crippen molar-refractivity contribution in [3.63, 3.8) is 0 Å². The van der Waals surface area contributed by atoms with E-state index in [0.29, 0.717) is 80.3 Å². The van der Waals surface area contributed by atoms with Crippen LogP contribution < -0.4 is 42.4 Å². The number of amides is 1. The normalized spacial score (nSPS) is 14.8. The lowest BCUT2D eigenvalue weighted by molar-refractivity contribution is -0.392. The van der Waals surface area contributed by atoms with Gasteiger partial charge in [0.1, 0.15) is 24.7 Å². The van der Waals surface area contributed by atoms with E-state index in [2.05, 4.69) is 57.1 Å². The number of anilines is 5. The number of carbonyl (C=O) groups excluding carboxylic acids is 1. The summed E-state index contributed by atoms with van der Waals surface area (Å²) in [4.78, 5) is 71.2. The molecule has 40 heteroatoms. The topological polar surface area (TPSA) is 500 Å². The maximum atomic E-state index is 13.7. The third-order valence-corrected chi connectivity index (χ3v) is 25.4. The highest BCUT2D eigenvalue weighted by Crippen LogP contribution is 2.69. The number of aromatic nitrogens is 6. The molecule has 8 rings (SSSR count). The van der Waals surface area contributed by atoms with Gasteiger partial charge in [-0.15, -0.1) is 0 Å². The number of aryl methyl sites for hydroxylation is 4. The number of carbonyl (C=O) groups is 1. The molecule has 1 aliphatic rings. The number of nitrogens with one attached hydrogen (secondary N) is 6. The molecule has 0 radical (unpaired) electrons. The Morgan fingerprint density at radius 3 is 2.09 bits per heavy atom. The molecule has 4 heterocycles. The number of nitro groups is 1. The molecule has 0 spiro atoms. The zero-order valence-electron chi connectivity index (χ0n) is 70.2. The van der Waals surface area contributed by atoms with Crippen LogP contribution in [0.15, 0.2) is 124 Å². The monoisotopic (exact) mass is 1700 g/mol. The van der Waals surface area contributed by atoms with Crippen molar-refractivity contribution in [1.29, 1.82) is 5.41 Å². The second-order valence-corrected chi connectivity index (χ2v) is 38.1. The van der Waals surface area contributed by atoms with Crippen molar-refractivity contribution < 1.29 is 74.4 Å². The Morgan fingerprint density at radius 2 is 1.53 bits per heavy atom. The molecule has 1 aliphatic heterocycles. The number of aliphatic hydroxyl groups is 1. The first-order valence-corrected chi connectivity index (χ1v) is 44.6. The van der Waals surface area contributed by atoms with E-state index < -0.39 is 69.7 Å². The predicted octanol–water partition coefficient (Wildman–Crippen LogP) is 9.82. The van der Waals surface area contributed by atoms with Gasteiger partial charge in [-0.05, 0) is 178 Å². The molecule has 0 bridgehead atoms. The Balaban J connectivity index is 0.000000328. The van der Waals surface area contributed by atoms with Crippen LogP contribution >= 0.6 is 15.0 Å². The molecular formula is C76H123N19O17P2S2. The van der Waals surface area contributed by atoms with Crippen molar-refractivity contribution in [2.75, 3.05) is 83.2 Å². The van der Waals surface area contributed by atoms with Crippen molar-refractivity contribution >= 4 is 98.6 Å². The number of benzene rings is 4. The van der Waals surface area contributed by atoms with Crippen LogP contribution in [0, 0.1) is 42.2 Å². The molecule has 646 valence electrons. The minimum atomic E-state index is -5.06. The number of imidazole rings is 1. The van der Waals surface area contributed by atoms with Gasteiger partial charge in [0, 0.05) is 114 Å². The van der Waals surface area contributed by atoms with Crippen LogP contribution in [-0.2, 0) is 68.1 Å². The summed E-state index contributed by atoms with van der Waals surface area (Å²) in [6.07, 6.45) is 2.17. The average Bonchev–Trinajstić information content (AvgIpc) is 0.869. The number of aliphatic imine (C=N–C) groups is 1. The van der Waals surface area contributed by atoms with Gasteiger partial charge in [-0.1, -0.05) is 64.1 Å². The maximum absolute atomic E-state index is 13.7. The number of guanidine groups is 2. The van der Waals surface area contributed by atoms with E-state index in [1.54, 1.807) is 87.8 Å². The Bertz CT molecular complexity index is 4610. The number of ether oxygens (including phenoxy) is 4. The summed E-state index contributed by atoms with van der Waals surface area (Å²) in [6.45, 7) is 31.6. The Morgan fingerprint density at radius 1 is 0.879 bits per heavy atom. The summed E-state index contributed by atoms with van der Waals surface area (Å²) in [6, 6.07) is 28.6. The molecule has 4 aromatic carbocycles. The predicted molar refractivity (Wildman–Crippen MR) is 454 cm³/mol. The van der Waals surface area contributed by atoms with Crippen LogP contribution in [0.25, 0.3) is 10.9 Å². The van der Waals surface area contributed by atoms with Gasteiger partial charge in [-0.2, -0.15) is 14.4 Å². The second kappa shape index (κ2) is 45.9. The van der Waals surface area contributed by atoms with Crippen LogP contribution in [0.5, 0.6) is 0 Å². The number of alkyl carbamates (subject to hydrolysis) is 1. The number of nitrogens with zero attached hydrogens (tertiary/aromatic N) is 11. The molecular weight excluding hydrogens is 1580 g/mol. The summed E-state index contributed by atoms with van der Waals surface area (Å²) < 4.78 is 105. The van der Waals surface area contributed by atoms with Gasteiger partial charge in [0.25, 0.3) is 0 Å². The molecule has 2 unspecified atom stereocenters. The number of hydrogen-bond acceptors (Lipinski definition) is 24. The molecule has 14 N–H and O–H groups in total. The maximum Gasteiger partial charge on any atom is 0.407 e. The summed E-state index contributed by atoms with van der Waals surface area (Å²) in [5, 5.41) is 42.3. The molecule has 116 heavy (non-hydrogen) atoms. The first kappa shape index (κ1) is 99.8. The van der Waals surface area contributed by atoms with E-state index in [-0.39, 0.29) is 89.4 Å². The van der Waals surface area contributed by atoms with Gasteiger partial charge in [-0.25, -0.2) is 40.9 Å². The Hall–Kier alpha value is -8.59. The molecule has 1 fully saturated rings. The lowest BCUT2D eigenvalue weighted by atomic mass is 10.0. The summed E-state index contributed by atoms with van der Waals surface area (Å²) in [5.41, 5.74) is 17.0. The lowest BCUT2D eigenvalue weighted by Crippen LogP contribution is -2.53. The summed E-state index contributed by atoms with van der Waals surface area (Å²) in [7, 11) is -9.47. The molecule has 1 saturated heterocycles. The molecule has 1 amide bonds. The van der Waals surface area contributed by atoms with Gasteiger partial charge in [-0.3, -0.25) is 29.5 Å². The Kier molecular flexibility index (Phi) is 39.5. The van der Waals surface area contributed by atoms with Gasteiger partial charge in [0.2, 0.25) is 38.4 Å². The zero-order valence-corrected chi connectivity index (χ0v) is 73.7. The van der Waals surface area contributed by atoms with Crippen molar-refractivity contribution in [2.45, 2.75) is 200 Å². The highest BCUT2D eigenvalue weighted by molar-refractivity contribution is 7.89. The van der Waals surface area contributed by atoms with E-state index in [1.165, 1.54) is 22.6 Å². The highest BCUT2D eigenvalue weighted by atomic mass is 32.2. The first-order valence-electron chi connectivity index (χ1n) is 37.9. The third-order valence-electron chi connectivity index (χ3n) is 17.2. The van der Waals surface area contributed by atoms with E-state index in [1.807, 2.05) is 148 Å². The number of fused-ring (bicyclic) bond motifs is 1. The van der Waals surface area contributed by atoms with Crippen molar-refractivity contribution in [3.8, 4) is 0 Å². The molecule has 7 aromatic rings. The molecule has 0 saturated carbocycles. The fraction of sp³-hybridized carbons (Fsp3) is 0.539. The quantitative estimate of drug-likeness (QED) is 0.00346. The highest BCUT2D eigenvalue weighted by Gasteiger charge is 2.56. The van der Waals surface area contributed by atoms with E-state index in [0.717, 1.165) is 34.5 Å². The van der Waals surface area contributed by atoms with Gasteiger partial charge < -0.3 is 86.1 Å². The SMILES string of the molecule is CC(C)CN(C[C@@H](OC(C)C)[C@H](Cc1ccccc1)NC(=O)O[C@H]1CCOC1)S(=O)(=O)c1ccc(N)cc1.CC(C)N=C(N)NC(=N)N(C)C.CC(C)NCCCC(O)(P(C)(=O)O)P(=O)(O)O.Cc1ccc(Nc2nccc(N(C)c3ccc4c(C)n(C)nc4c3)n2)cc1S(=O)(=O)NC(C)C.Cc1ncc([N+](=O)[O-])n1CCOC(C)C. The fourth-order valence-corrected chi connectivity index (χ4v) is 17.3. The van der Waals surface area contributed by atoms with Crippen molar-refractivity contribution in [3.05, 3.63) is 142 Å². The second-order valence-electron chi connectivity index (χ2n) is 29.8. The van der Waals surface area contributed by atoms with Crippen molar-refractivity contribution in [1.82, 2.24) is 59.2 Å². The fourth-order valence-electron chi connectivity index (χ4n) is 11.2. The van der Waals surface area contributed by atoms with Crippen LogP contribution in [0.1, 0.15) is 125 Å². The largest absolute Gasteiger partial charge is 0.444 e. The number of nitrogens with two attached hydrogens (primary N) is 2. The zero-order chi connectivity index (χ0) is 87.4. The first-order chi connectivity index (χ1) is 54.0. The lowest BCUT2D eigenvalue weighted by Gasteiger charge is -2.34. The smallest absolute Gasteiger partial charge is 0.407 e. The molecule has 0 aliphatic carbocycles. The number of rotatable bonds is 33. The average molecular weight is 1700 g/mol. The Labute approximate surface area is 682 Å². The van der Waals surface area contributed by atoms with E-state index in [4.69, 9.17) is 45.6 Å². The van der Waals surface area contributed by atoms with E-state index in [9.17, 15) is 50.9 Å². The van der Waals surface area contributed by atoms with Crippen molar-refractivity contribution in [2.24, 2.45) is 23.7 Å². The standard InChI is InChI=1S/C28H41N3O6S.C24H29N7O2S.C9H15N3O3.C8H21NO6P2.C7H17N5/c1-20(2)17-31(38(33,34)25-12-10-23(29)11-13-25)18-27(36-21(3)4)26(16-22-8-6-5-7-9-22)30-28(32)37-24-14-15-35-19-24;1-15(2)29-34(32,33)22-13-18(8-7-16(22)3)26-24-25-12-11-23(27-24)30(5)19-9-10-20-17(4)31(6)28-21(20)14-19;1-7(2)15-5-4-11-8(3)10-6-9(11)12(13)14;1-7(2)9-6-4-5-8(10,16(3,11)12)17(13,14)15;1-5(2)10-6(8)11-7(9)12(3)4/h5-13,20-21,24,26-27H,14-19,29H2,1-4H3,(H,30,32);7-15,29H,1-6H3,(H,25,26,27);6-7H,4-5H2,1-3H3;7,9-10H,4-6H2,1-3H3,(H,11,12)(H2,13,14,15);5H,1-4H3,(H4,8,9,10,11)/t24-,26-,27+;;;;/m0..../s1. The number of hydrogen-bond donors (Lipinski definition) is 12. The number of nitrogen functional groups attached to an aromatic ring is 1. The van der Waals surface area contributed by atoms with Gasteiger partial charge >= 0.3 is 19.5 Å².